The molecule has 0 unspecified atom stereocenters. The van der Waals surface area contributed by atoms with Crippen LogP contribution in [0, 0.1) is 0 Å². The summed E-state index contributed by atoms with van der Waals surface area (Å²) in [5.41, 5.74) is 5.68. The first-order chi connectivity index (χ1) is 14.1. The van der Waals surface area contributed by atoms with Crippen molar-refractivity contribution in [1.29, 1.82) is 0 Å². The number of fused-ring (bicyclic) bond motifs is 5. The minimum absolute atomic E-state index is 0. The van der Waals surface area contributed by atoms with Crippen LogP contribution in [0.2, 0.25) is 0 Å². The van der Waals surface area contributed by atoms with Gasteiger partial charge >= 0.3 is 0 Å². The van der Waals surface area contributed by atoms with E-state index in [1.54, 1.807) is 21.3 Å². The Kier molecular flexibility index (Phi) is 6.43. The molecular formula is C22H26ClN3O4. The van der Waals surface area contributed by atoms with Crippen molar-refractivity contribution < 1.29 is 19.0 Å². The van der Waals surface area contributed by atoms with E-state index in [0.29, 0.717) is 18.1 Å². The largest absolute Gasteiger partial charge is 0.493 e. The number of rotatable bonds is 7. The lowest BCUT2D eigenvalue weighted by atomic mass is 10.1. The maximum absolute atomic E-state index is 5.93. The third kappa shape index (κ3) is 3.66. The summed E-state index contributed by atoms with van der Waals surface area (Å²) in [4.78, 5) is 10.8. The van der Waals surface area contributed by atoms with Crippen LogP contribution in [-0.4, -0.2) is 64.2 Å². The zero-order chi connectivity index (χ0) is 20.5. The number of H-pyrrole nitrogens is 1. The maximum atomic E-state index is 5.93. The third-order valence-electron chi connectivity index (χ3n) is 5.04. The Bertz CT molecular complexity index is 1090. The van der Waals surface area contributed by atoms with Gasteiger partial charge in [-0.1, -0.05) is 5.16 Å². The molecule has 1 heterocycles. The van der Waals surface area contributed by atoms with Gasteiger partial charge in [-0.2, -0.15) is 0 Å². The van der Waals surface area contributed by atoms with Gasteiger partial charge in [-0.3, -0.25) is 0 Å². The van der Waals surface area contributed by atoms with E-state index < -0.39 is 0 Å². The molecule has 2 aromatic carbocycles. The Balaban J connectivity index is 0.00000256. The summed E-state index contributed by atoms with van der Waals surface area (Å²) >= 11 is 0. The number of hydrogen-bond acceptors (Lipinski definition) is 6. The summed E-state index contributed by atoms with van der Waals surface area (Å²) in [6.07, 6.45) is 0. The van der Waals surface area contributed by atoms with Gasteiger partial charge in [0.2, 0.25) is 0 Å². The lowest BCUT2D eigenvalue weighted by molar-refractivity contribution is 0.214. The average Bonchev–Trinajstić information content (AvgIpc) is 3.22. The lowest BCUT2D eigenvalue weighted by Crippen LogP contribution is -2.19. The van der Waals surface area contributed by atoms with Crippen LogP contribution < -0.4 is 14.2 Å². The van der Waals surface area contributed by atoms with Crippen molar-refractivity contribution in [2.45, 2.75) is 0 Å². The molecule has 1 N–H and O–H groups in total. The zero-order valence-corrected chi connectivity index (χ0v) is 18.6. The van der Waals surface area contributed by atoms with Crippen molar-refractivity contribution in [3.05, 3.63) is 41.5 Å². The number of aromatic amines is 1. The number of likely N-dealkylation sites (N-methyl/N-ethyl adjacent to an activating group) is 1. The predicted molar refractivity (Wildman–Crippen MR) is 121 cm³/mol. The van der Waals surface area contributed by atoms with Gasteiger partial charge in [0, 0.05) is 34.1 Å². The van der Waals surface area contributed by atoms with Gasteiger partial charge in [-0.25, -0.2) is 0 Å². The van der Waals surface area contributed by atoms with Crippen LogP contribution in [0.15, 0.2) is 35.5 Å². The van der Waals surface area contributed by atoms with Crippen LogP contribution in [0.1, 0.15) is 11.1 Å². The highest BCUT2D eigenvalue weighted by atomic mass is 35.5. The van der Waals surface area contributed by atoms with Gasteiger partial charge in [-0.15, -0.1) is 12.4 Å². The Morgan fingerprint density at radius 3 is 2.30 bits per heavy atom. The first kappa shape index (κ1) is 21.8. The summed E-state index contributed by atoms with van der Waals surface area (Å²) in [5, 5.41) is 5.36. The molecule has 0 amide bonds. The Hall–Kier alpha value is -2.90. The molecule has 0 atom stereocenters. The Morgan fingerprint density at radius 2 is 1.67 bits per heavy atom. The van der Waals surface area contributed by atoms with Crippen LogP contribution in [0.3, 0.4) is 0 Å². The summed E-state index contributed by atoms with van der Waals surface area (Å²) in [5.74, 6) is 2.14. The number of hydrogen-bond donors (Lipinski definition) is 1. The topological polar surface area (TPSA) is 68.3 Å². The smallest absolute Gasteiger partial charge is 0.161 e. The first-order valence-electron chi connectivity index (χ1n) is 9.39. The number of nitrogens with one attached hydrogen (secondary N) is 1. The number of aromatic nitrogens is 1. The van der Waals surface area contributed by atoms with E-state index in [1.807, 2.05) is 44.4 Å². The number of methoxy groups -OCH3 is 2. The Morgan fingerprint density at radius 1 is 0.967 bits per heavy atom. The van der Waals surface area contributed by atoms with Gasteiger partial charge in [0.1, 0.15) is 25.2 Å². The second-order valence-corrected chi connectivity index (χ2v) is 7.11. The fourth-order valence-electron chi connectivity index (χ4n) is 3.66. The van der Waals surface area contributed by atoms with Crippen molar-refractivity contribution in [2.24, 2.45) is 5.16 Å². The molecule has 0 spiro atoms. The highest BCUT2D eigenvalue weighted by molar-refractivity contribution is 6.30. The molecule has 8 heteroatoms. The number of halogens is 1. The minimum Gasteiger partial charge on any atom is -0.493 e. The molecule has 0 saturated heterocycles. The molecule has 0 fully saturated rings. The molecular weight excluding hydrogens is 406 g/mol. The van der Waals surface area contributed by atoms with Crippen molar-refractivity contribution in [3.63, 3.8) is 0 Å². The summed E-state index contributed by atoms with van der Waals surface area (Å²) in [6.45, 7) is 1.48. The van der Waals surface area contributed by atoms with Crippen LogP contribution in [0.25, 0.3) is 22.2 Å². The van der Waals surface area contributed by atoms with Crippen LogP contribution in [-0.2, 0) is 4.84 Å². The van der Waals surface area contributed by atoms with Gasteiger partial charge < -0.3 is 28.9 Å². The highest BCUT2D eigenvalue weighted by Gasteiger charge is 2.32. The molecule has 1 aliphatic rings. The van der Waals surface area contributed by atoms with Crippen molar-refractivity contribution >= 4 is 29.0 Å². The fraction of sp³-hybridized carbons (Fsp3) is 0.318. The number of nitrogens with zero attached hydrogens (tertiary/aromatic N) is 2. The van der Waals surface area contributed by atoms with E-state index in [2.05, 4.69) is 15.0 Å². The number of ether oxygens (including phenoxy) is 3. The maximum Gasteiger partial charge on any atom is 0.161 e. The van der Waals surface area contributed by atoms with Crippen LogP contribution in [0.4, 0.5) is 0 Å². The summed E-state index contributed by atoms with van der Waals surface area (Å²) in [6, 6.07) is 9.96. The molecule has 1 aliphatic carbocycles. The van der Waals surface area contributed by atoms with E-state index in [0.717, 1.165) is 51.3 Å². The molecule has 1 aromatic heterocycles. The standard InChI is InChI=1S/C22H25N3O4.ClH/c1-25(2)8-9-29-13-6-7-17-16(10-13)20-21(23-17)14-11-18(26-3)19(27-4)12-15(14)22(20)24-28-5;/h6-7,10-12,23H,8-9H2,1-5H3;1H/b24-22-;. The molecule has 3 aromatic rings. The average molecular weight is 432 g/mol. The van der Waals surface area contributed by atoms with Crippen LogP contribution in [0.5, 0.6) is 17.2 Å². The highest BCUT2D eigenvalue weighted by Crippen LogP contribution is 2.45. The molecule has 0 saturated carbocycles. The molecule has 0 radical (unpaired) electrons. The third-order valence-corrected chi connectivity index (χ3v) is 5.04. The quantitative estimate of drug-likeness (QED) is 0.449. The van der Waals surface area contributed by atoms with Gasteiger partial charge in [0.25, 0.3) is 0 Å². The van der Waals surface area contributed by atoms with Crippen molar-refractivity contribution in [1.82, 2.24) is 9.88 Å². The minimum atomic E-state index is 0. The van der Waals surface area contributed by atoms with Crippen molar-refractivity contribution in [3.8, 4) is 28.5 Å². The Labute approximate surface area is 182 Å². The van der Waals surface area contributed by atoms with Gasteiger partial charge in [0.05, 0.1) is 19.9 Å². The monoisotopic (exact) mass is 431 g/mol. The predicted octanol–water partition coefficient (Wildman–Crippen LogP) is 3.93. The van der Waals surface area contributed by atoms with E-state index >= 15 is 0 Å². The normalized spacial score (nSPS) is 13.2. The van der Waals surface area contributed by atoms with Crippen LogP contribution >= 0.6 is 12.4 Å². The van der Waals surface area contributed by atoms with Gasteiger partial charge in [0.15, 0.2) is 11.5 Å². The summed E-state index contributed by atoms with van der Waals surface area (Å²) in [7, 11) is 8.86. The van der Waals surface area contributed by atoms with Crippen molar-refractivity contribution in [2.75, 3.05) is 48.6 Å². The van der Waals surface area contributed by atoms with Gasteiger partial charge in [-0.05, 0) is 44.4 Å². The van der Waals surface area contributed by atoms with E-state index in [9.17, 15) is 0 Å². The molecule has 0 bridgehead atoms. The molecule has 160 valence electrons. The second-order valence-electron chi connectivity index (χ2n) is 7.11. The summed E-state index contributed by atoms with van der Waals surface area (Å²) < 4.78 is 16.9. The van der Waals surface area contributed by atoms with E-state index in [4.69, 9.17) is 19.0 Å². The molecule has 7 nitrogen and oxygen atoms in total. The molecule has 30 heavy (non-hydrogen) atoms. The lowest BCUT2D eigenvalue weighted by Gasteiger charge is -2.11. The first-order valence-corrected chi connectivity index (χ1v) is 9.39. The molecule has 4 rings (SSSR count). The van der Waals surface area contributed by atoms with E-state index in [1.165, 1.54) is 0 Å². The van der Waals surface area contributed by atoms with E-state index in [-0.39, 0.29) is 12.4 Å². The second kappa shape index (κ2) is 8.85. The number of benzene rings is 2. The number of oxime groups is 1. The fourth-order valence-corrected chi connectivity index (χ4v) is 3.66. The zero-order valence-electron chi connectivity index (χ0n) is 17.7. The molecule has 0 aliphatic heterocycles. The SMILES string of the molecule is CO/N=C1/c2cc(OC)c(OC)cc2-c2[nH]c3ccc(OCCN(C)C)cc3c21.Cl.